The van der Waals surface area contributed by atoms with Gasteiger partial charge in [0.2, 0.25) is 0 Å². The monoisotopic (exact) mass is 274 g/mol. The first-order chi connectivity index (χ1) is 9.20. The summed E-state index contributed by atoms with van der Waals surface area (Å²) in [6, 6.07) is 13.2. The van der Waals surface area contributed by atoms with Crippen molar-refractivity contribution in [3.8, 4) is 11.5 Å². The van der Waals surface area contributed by atoms with Gasteiger partial charge in [-0.25, -0.2) is 0 Å². The molecule has 1 N–H and O–H groups in total. The molecule has 0 fully saturated rings. The van der Waals surface area contributed by atoms with Gasteiger partial charge < -0.3 is 9.84 Å². The molecule has 1 atom stereocenters. The van der Waals surface area contributed by atoms with Crippen molar-refractivity contribution < 1.29 is 9.84 Å². The Bertz CT molecular complexity index is 578. The summed E-state index contributed by atoms with van der Waals surface area (Å²) in [6.45, 7) is 0. The average Bonchev–Trinajstić information content (AvgIpc) is 2.80. The van der Waals surface area contributed by atoms with Crippen LogP contribution < -0.4 is 4.74 Å². The molecule has 0 amide bonds. The zero-order chi connectivity index (χ0) is 13.2. The summed E-state index contributed by atoms with van der Waals surface area (Å²) in [5.74, 6) is 1.21. The fraction of sp³-hybridized carbons (Fsp3) is 0.250. The molecule has 0 saturated heterocycles. The summed E-state index contributed by atoms with van der Waals surface area (Å²) in [7, 11) is 0. The van der Waals surface area contributed by atoms with Crippen LogP contribution >= 0.6 is 11.6 Å². The highest BCUT2D eigenvalue weighted by Crippen LogP contribution is 2.32. The van der Waals surface area contributed by atoms with Gasteiger partial charge in [0.25, 0.3) is 0 Å². The smallest absolute Gasteiger partial charge is 0.123 e. The molecule has 19 heavy (non-hydrogen) atoms. The van der Waals surface area contributed by atoms with Crippen molar-refractivity contribution >= 4 is 11.6 Å². The Morgan fingerprint density at radius 1 is 1.16 bits per heavy atom. The minimum absolute atomic E-state index is 0.201. The molecule has 2 nitrogen and oxygen atoms in total. The van der Waals surface area contributed by atoms with Gasteiger partial charge in [-0.1, -0.05) is 23.7 Å². The van der Waals surface area contributed by atoms with E-state index in [0.29, 0.717) is 5.75 Å². The van der Waals surface area contributed by atoms with Crippen LogP contribution in [0, 0.1) is 0 Å². The van der Waals surface area contributed by atoms with Gasteiger partial charge >= 0.3 is 0 Å². The predicted octanol–water partition coefficient (Wildman–Crippen LogP) is 3.98. The van der Waals surface area contributed by atoms with Crippen molar-refractivity contribution in [2.45, 2.75) is 25.4 Å². The zero-order valence-electron chi connectivity index (χ0n) is 10.5. The molecule has 0 spiro atoms. The third kappa shape index (κ3) is 2.85. The lowest BCUT2D eigenvalue weighted by Crippen LogP contribution is -2.13. The molecule has 0 saturated carbocycles. The second kappa shape index (κ2) is 5.14. The minimum atomic E-state index is 0.201. The van der Waals surface area contributed by atoms with E-state index in [4.69, 9.17) is 16.3 Å². The first-order valence-electron chi connectivity index (χ1n) is 6.44. The molecule has 98 valence electrons. The molecule has 0 radical (unpaired) electrons. The second-order valence-electron chi connectivity index (χ2n) is 4.90. The molecule has 1 aliphatic rings. The fourth-order valence-electron chi connectivity index (χ4n) is 2.45. The van der Waals surface area contributed by atoms with Crippen LogP contribution in [0.5, 0.6) is 11.5 Å². The van der Waals surface area contributed by atoms with Crippen LogP contribution in [0.1, 0.15) is 17.5 Å². The molecule has 0 aromatic heterocycles. The van der Waals surface area contributed by atoms with Crippen molar-refractivity contribution in [1.82, 2.24) is 0 Å². The lowest BCUT2D eigenvalue weighted by Gasteiger charge is -2.10. The molecular formula is C16H15ClO2. The molecule has 2 aromatic rings. The zero-order valence-corrected chi connectivity index (χ0v) is 11.2. The van der Waals surface area contributed by atoms with E-state index in [2.05, 4.69) is 12.1 Å². The minimum Gasteiger partial charge on any atom is -0.508 e. The van der Waals surface area contributed by atoms with Crippen LogP contribution in [0.15, 0.2) is 42.5 Å². The summed E-state index contributed by atoms with van der Waals surface area (Å²) in [6.07, 6.45) is 3.02. The number of aryl methyl sites for hydroxylation is 1. The Morgan fingerprint density at radius 2 is 1.95 bits per heavy atom. The Labute approximate surface area is 117 Å². The van der Waals surface area contributed by atoms with E-state index in [9.17, 15) is 5.11 Å². The normalized spacial score (nSPS) is 17.0. The predicted molar refractivity (Wildman–Crippen MR) is 76.0 cm³/mol. The Kier molecular flexibility index (Phi) is 3.34. The third-order valence-electron chi connectivity index (χ3n) is 3.45. The number of hydrogen-bond donors (Lipinski definition) is 1. The van der Waals surface area contributed by atoms with Crippen LogP contribution in [0.25, 0.3) is 0 Å². The molecule has 0 aliphatic carbocycles. The summed E-state index contributed by atoms with van der Waals surface area (Å²) in [4.78, 5) is 0. The van der Waals surface area contributed by atoms with Gasteiger partial charge in [0.05, 0.1) is 0 Å². The van der Waals surface area contributed by atoms with Crippen molar-refractivity contribution in [2.24, 2.45) is 0 Å². The number of phenols is 1. The third-order valence-corrected chi connectivity index (χ3v) is 3.71. The number of benzene rings is 2. The number of hydrogen-bond acceptors (Lipinski definition) is 2. The Hall–Kier alpha value is -1.67. The van der Waals surface area contributed by atoms with Crippen molar-refractivity contribution in [1.29, 1.82) is 0 Å². The van der Waals surface area contributed by atoms with Crippen LogP contribution in [-0.2, 0) is 12.8 Å². The van der Waals surface area contributed by atoms with E-state index in [1.165, 1.54) is 5.56 Å². The average molecular weight is 275 g/mol. The molecular weight excluding hydrogens is 260 g/mol. The lowest BCUT2D eigenvalue weighted by atomic mass is 10.0. The Morgan fingerprint density at radius 3 is 2.74 bits per heavy atom. The van der Waals surface area contributed by atoms with E-state index in [1.54, 1.807) is 12.1 Å². The van der Waals surface area contributed by atoms with Gasteiger partial charge in [-0.2, -0.15) is 0 Å². The molecule has 2 aromatic carbocycles. The molecule has 1 unspecified atom stereocenters. The van der Waals surface area contributed by atoms with E-state index in [1.807, 2.05) is 18.2 Å². The number of rotatable bonds is 3. The highest BCUT2D eigenvalue weighted by Gasteiger charge is 2.22. The number of aromatic hydroxyl groups is 1. The molecule has 1 heterocycles. The first kappa shape index (κ1) is 12.4. The summed E-state index contributed by atoms with van der Waals surface area (Å²) in [5.41, 5.74) is 2.37. The van der Waals surface area contributed by atoms with Crippen LogP contribution in [-0.4, -0.2) is 11.2 Å². The fourth-order valence-corrected chi connectivity index (χ4v) is 2.57. The van der Waals surface area contributed by atoms with Crippen LogP contribution in [0.4, 0.5) is 0 Å². The molecule has 0 bridgehead atoms. The number of ether oxygens (including phenoxy) is 1. The molecule has 1 aliphatic heterocycles. The highest BCUT2D eigenvalue weighted by atomic mass is 35.5. The van der Waals surface area contributed by atoms with Crippen LogP contribution in [0.3, 0.4) is 0 Å². The van der Waals surface area contributed by atoms with E-state index >= 15 is 0 Å². The quantitative estimate of drug-likeness (QED) is 0.917. The number of fused-ring (bicyclic) bond motifs is 1. The maximum atomic E-state index is 9.45. The summed E-state index contributed by atoms with van der Waals surface area (Å²) in [5, 5.41) is 10.2. The van der Waals surface area contributed by atoms with Gasteiger partial charge in [-0.05, 0) is 48.7 Å². The van der Waals surface area contributed by atoms with Gasteiger partial charge in [-0.15, -0.1) is 0 Å². The highest BCUT2D eigenvalue weighted by molar-refractivity contribution is 6.30. The van der Waals surface area contributed by atoms with Gasteiger partial charge in [0.15, 0.2) is 0 Å². The maximum absolute atomic E-state index is 9.45. The number of halogens is 1. The van der Waals surface area contributed by atoms with Crippen molar-refractivity contribution in [3.05, 3.63) is 58.6 Å². The summed E-state index contributed by atoms with van der Waals surface area (Å²) >= 11 is 5.87. The van der Waals surface area contributed by atoms with Crippen molar-refractivity contribution in [2.75, 3.05) is 0 Å². The lowest BCUT2D eigenvalue weighted by molar-refractivity contribution is 0.222. The molecule has 3 heteroatoms. The second-order valence-corrected chi connectivity index (χ2v) is 5.34. The summed E-state index contributed by atoms with van der Waals surface area (Å²) < 4.78 is 5.87. The van der Waals surface area contributed by atoms with E-state index in [0.717, 1.165) is 35.6 Å². The van der Waals surface area contributed by atoms with Crippen LogP contribution in [0.2, 0.25) is 5.02 Å². The Balaban J connectivity index is 1.60. The SMILES string of the molecule is Oc1ccc2c(c1)CC(CCc1ccc(Cl)cc1)O2. The molecule has 3 rings (SSSR count). The topological polar surface area (TPSA) is 29.5 Å². The van der Waals surface area contributed by atoms with Crippen molar-refractivity contribution in [3.63, 3.8) is 0 Å². The van der Waals surface area contributed by atoms with E-state index in [-0.39, 0.29) is 6.10 Å². The standard InChI is InChI=1S/C16H15ClO2/c17-13-4-1-11(2-5-13)3-7-15-10-12-9-14(18)6-8-16(12)19-15/h1-2,4-6,8-9,15,18H,3,7,10H2. The van der Waals surface area contributed by atoms with Gasteiger partial charge in [0, 0.05) is 17.0 Å². The van der Waals surface area contributed by atoms with Gasteiger partial charge in [0.1, 0.15) is 17.6 Å². The maximum Gasteiger partial charge on any atom is 0.123 e. The number of phenolic OH excluding ortho intramolecular Hbond substituents is 1. The van der Waals surface area contributed by atoms with Gasteiger partial charge in [-0.3, -0.25) is 0 Å². The largest absolute Gasteiger partial charge is 0.508 e. The van der Waals surface area contributed by atoms with E-state index < -0.39 is 0 Å². The first-order valence-corrected chi connectivity index (χ1v) is 6.81.